The van der Waals surface area contributed by atoms with Crippen molar-refractivity contribution in [3.05, 3.63) is 0 Å². The minimum atomic E-state index is -0.975. The molecule has 32 heavy (non-hydrogen) atoms. The molecule has 0 aliphatic rings. The van der Waals surface area contributed by atoms with Gasteiger partial charge in [-0.1, -0.05) is 123 Å². The maximum Gasteiger partial charge on any atom is 0.321 e. The maximum absolute atomic E-state index is 12.0. The summed E-state index contributed by atoms with van der Waals surface area (Å²) in [6.07, 6.45) is 23.4. The molecule has 0 spiro atoms. The summed E-state index contributed by atoms with van der Waals surface area (Å²) in [6.45, 7) is 5.51. The molecule has 0 aliphatic carbocycles. The van der Waals surface area contributed by atoms with Crippen molar-refractivity contribution in [2.75, 3.05) is 13.2 Å². The van der Waals surface area contributed by atoms with Crippen LogP contribution in [0.4, 0.5) is 0 Å². The lowest BCUT2D eigenvalue weighted by atomic mass is 10.1. The summed E-state index contributed by atoms with van der Waals surface area (Å²) in [4.78, 5) is 23.4. The van der Waals surface area contributed by atoms with E-state index in [1.165, 1.54) is 96.3 Å². The summed E-state index contributed by atoms with van der Waals surface area (Å²) < 4.78 is 5.25. The first kappa shape index (κ1) is 30.9. The number of carbonyl (C=O) groups excluding carboxylic acids is 1. The Hall–Kier alpha value is -1.10. The quantitative estimate of drug-likeness (QED) is 0.111. The third-order valence-electron chi connectivity index (χ3n) is 6.10. The van der Waals surface area contributed by atoms with Crippen LogP contribution < -0.4 is 5.32 Å². The second kappa shape index (κ2) is 24.5. The minimum Gasteiger partial charge on any atom is -0.480 e. The molecule has 5 nitrogen and oxygen atoms in total. The number of carboxylic acid groups (broad SMARTS) is 1. The highest BCUT2D eigenvalue weighted by Gasteiger charge is 2.21. The molecule has 0 aromatic heterocycles. The summed E-state index contributed by atoms with van der Waals surface area (Å²) in [5.74, 6) is -1.38. The van der Waals surface area contributed by atoms with E-state index in [1.807, 2.05) is 0 Å². The first-order valence-electron chi connectivity index (χ1n) is 13.7. The zero-order valence-electron chi connectivity index (χ0n) is 21.3. The summed E-state index contributed by atoms with van der Waals surface area (Å²) >= 11 is 0. The summed E-state index contributed by atoms with van der Waals surface area (Å²) in [6, 6.07) is -0.843. The number of aliphatic carboxylic acids is 1. The third-order valence-corrected chi connectivity index (χ3v) is 6.10. The van der Waals surface area contributed by atoms with Crippen molar-refractivity contribution in [3.8, 4) is 0 Å². The van der Waals surface area contributed by atoms with Crippen LogP contribution in [0.1, 0.15) is 142 Å². The first-order chi connectivity index (χ1) is 15.6. The van der Waals surface area contributed by atoms with Crippen LogP contribution >= 0.6 is 0 Å². The van der Waals surface area contributed by atoms with Crippen LogP contribution in [-0.2, 0) is 14.3 Å². The molecule has 5 heteroatoms. The molecular formula is C27H53NO4. The fourth-order valence-corrected chi connectivity index (χ4v) is 3.96. The Morgan fingerprint density at radius 2 is 1.06 bits per heavy atom. The van der Waals surface area contributed by atoms with Crippen LogP contribution in [0.15, 0.2) is 0 Å². The van der Waals surface area contributed by atoms with Gasteiger partial charge in [-0.25, -0.2) is 0 Å². The van der Waals surface area contributed by atoms with Crippen LogP contribution in [0.3, 0.4) is 0 Å². The highest BCUT2D eigenvalue weighted by molar-refractivity contribution is 5.81. The predicted octanol–water partition coefficient (Wildman–Crippen LogP) is 7.41. The van der Waals surface area contributed by atoms with Crippen LogP contribution in [-0.4, -0.2) is 36.2 Å². The zero-order valence-corrected chi connectivity index (χ0v) is 21.3. The maximum atomic E-state index is 12.0. The lowest BCUT2D eigenvalue weighted by Gasteiger charge is -2.14. The Labute approximate surface area is 198 Å². The van der Waals surface area contributed by atoms with Gasteiger partial charge >= 0.3 is 11.9 Å². The van der Waals surface area contributed by atoms with Crippen molar-refractivity contribution >= 4 is 11.9 Å². The number of ether oxygens (including phenoxy) is 1. The summed E-state index contributed by atoms with van der Waals surface area (Å²) in [5.41, 5.74) is 0. The third kappa shape index (κ3) is 22.1. The smallest absolute Gasteiger partial charge is 0.321 e. The second-order valence-electron chi connectivity index (χ2n) is 9.28. The molecule has 0 rings (SSSR count). The van der Waals surface area contributed by atoms with E-state index in [0.29, 0.717) is 13.2 Å². The molecule has 1 atom stereocenters. The van der Waals surface area contributed by atoms with Crippen molar-refractivity contribution < 1.29 is 19.4 Å². The average molecular weight is 456 g/mol. The van der Waals surface area contributed by atoms with Gasteiger partial charge in [0.25, 0.3) is 0 Å². The Bertz CT molecular complexity index is 428. The zero-order chi connectivity index (χ0) is 23.7. The van der Waals surface area contributed by atoms with Gasteiger partial charge in [-0.3, -0.25) is 9.59 Å². The molecule has 2 N–H and O–H groups in total. The van der Waals surface area contributed by atoms with E-state index in [4.69, 9.17) is 4.74 Å². The topological polar surface area (TPSA) is 75.6 Å². The standard InChI is InChI=1S/C27H53NO4/c1-3-5-7-9-11-13-14-16-18-20-22-28-25(27(30)31)24-26(29)32-23-21-19-17-15-12-10-8-6-4-2/h25,28H,3-24H2,1-2H3,(H,30,31). The molecule has 190 valence electrons. The molecule has 0 radical (unpaired) electrons. The largest absolute Gasteiger partial charge is 0.480 e. The van der Waals surface area contributed by atoms with Gasteiger partial charge in [0, 0.05) is 0 Å². The highest BCUT2D eigenvalue weighted by Crippen LogP contribution is 2.11. The molecule has 0 aliphatic heterocycles. The van der Waals surface area contributed by atoms with Crippen LogP contribution in [0.25, 0.3) is 0 Å². The number of unbranched alkanes of at least 4 members (excludes halogenated alkanes) is 17. The van der Waals surface area contributed by atoms with Gasteiger partial charge in [0.15, 0.2) is 0 Å². The monoisotopic (exact) mass is 455 g/mol. The van der Waals surface area contributed by atoms with Gasteiger partial charge in [0.05, 0.1) is 13.0 Å². The Morgan fingerprint density at radius 1 is 0.656 bits per heavy atom. The normalized spacial score (nSPS) is 12.1. The van der Waals surface area contributed by atoms with E-state index >= 15 is 0 Å². The van der Waals surface area contributed by atoms with Crippen molar-refractivity contribution in [2.24, 2.45) is 0 Å². The number of hydrogen-bond acceptors (Lipinski definition) is 4. The number of hydrogen-bond donors (Lipinski definition) is 2. The van der Waals surface area contributed by atoms with Crippen LogP contribution in [0, 0.1) is 0 Å². The number of carboxylic acids is 1. The predicted molar refractivity (Wildman–Crippen MR) is 134 cm³/mol. The Kier molecular flexibility index (Phi) is 23.7. The van der Waals surface area contributed by atoms with E-state index in [0.717, 1.165) is 25.7 Å². The lowest BCUT2D eigenvalue weighted by Crippen LogP contribution is -2.39. The molecule has 0 aromatic rings. The number of rotatable bonds is 25. The van der Waals surface area contributed by atoms with E-state index < -0.39 is 18.0 Å². The Morgan fingerprint density at radius 3 is 1.50 bits per heavy atom. The van der Waals surface area contributed by atoms with E-state index in [9.17, 15) is 14.7 Å². The molecule has 0 amide bonds. The highest BCUT2D eigenvalue weighted by atomic mass is 16.5. The number of esters is 1. The van der Waals surface area contributed by atoms with E-state index in [2.05, 4.69) is 19.2 Å². The van der Waals surface area contributed by atoms with Crippen molar-refractivity contribution in [3.63, 3.8) is 0 Å². The fraction of sp³-hybridized carbons (Fsp3) is 0.926. The molecule has 0 bridgehead atoms. The molecular weight excluding hydrogens is 402 g/mol. The summed E-state index contributed by atoms with van der Waals surface area (Å²) in [7, 11) is 0. The van der Waals surface area contributed by atoms with Crippen molar-refractivity contribution in [1.29, 1.82) is 0 Å². The van der Waals surface area contributed by atoms with Crippen LogP contribution in [0.5, 0.6) is 0 Å². The first-order valence-corrected chi connectivity index (χ1v) is 13.7. The summed E-state index contributed by atoms with van der Waals surface area (Å²) in [5, 5.41) is 12.4. The molecule has 0 saturated heterocycles. The Balaban J connectivity index is 3.61. The van der Waals surface area contributed by atoms with E-state index in [1.54, 1.807) is 0 Å². The van der Waals surface area contributed by atoms with Gasteiger partial charge in [0.2, 0.25) is 0 Å². The van der Waals surface area contributed by atoms with Crippen molar-refractivity contribution in [2.45, 2.75) is 148 Å². The number of carbonyl (C=O) groups is 2. The van der Waals surface area contributed by atoms with Crippen LogP contribution in [0.2, 0.25) is 0 Å². The molecule has 0 fully saturated rings. The van der Waals surface area contributed by atoms with Gasteiger partial charge in [-0.05, 0) is 19.4 Å². The van der Waals surface area contributed by atoms with E-state index in [-0.39, 0.29) is 6.42 Å². The number of nitrogens with one attached hydrogen (secondary N) is 1. The average Bonchev–Trinajstić information content (AvgIpc) is 2.77. The van der Waals surface area contributed by atoms with Gasteiger partial charge in [0.1, 0.15) is 6.04 Å². The molecule has 0 heterocycles. The lowest BCUT2D eigenvalue weighted by molar-refractivity contribution is -0.149. The van der Waals surface area contributed by atoms with Gasteiger partial charge < -0.3 is 15.2 Å². The van der Waals surface area contributed by atoms with Crippen molar-refractivity contribution in [1.82, 2.24) is 5.32 Å². The fourth-order valence-electron chi connectivity index (χ4n) is 3.96. The molecule has 0 saturated carbocycles. The second-order valence-corrected chi connectivity index (χ2v) is 9.28. The van der Waals surface area contributed by atoms with Gasteiger partial charge in [-0.2, -0.15) is 0 Å². The minimum absolute atomic E-state index is 0.0927. The SMILES string of the molecule is CCCCCCCCCCCCNC(CC(=O)OCCCCCCCCCCC)C(=O)O. The van der Waals surface area contributed by atoms with Gasteiger partial charge in [-0.15, -0.1) is 0 Å². The molecule has 1 unspecified atom stereocenters. The molecule has 0 aromatic carbocycles.